The molecule has 14 heavy (non-hydrogen) atoms. The number of fused-ring (bicyclic) bond motifs is 1. The molecule has 0 aromatic heterocycles. The molecule has 0 unspecified atom stereocenters. The van der Waals surface area contributed by atoms with Gasteiger partial charge < -0.3 is 10.6 Å². The van der Waals surface area contributed by atoms with Crippen LogP contribution in [-0.2, 0) is 6.54 Å². The molecule has 1 aliphatic rings. The fraction of sp³-hybridized carbons (Fsp3) is 0.364. The van der Waals surface area contributed by atoms with E-state index >= 15 is 0 Å². The SMILES string of the molecule is Cc1ccc2c(c1)CN(CCN)C2=O. The van der Waals surface area contributed by atoms with E-state index in [-0.39, 0.29) is 5.91 Å². The first-order valence-corrected chi connectivity index (χ1v) is 4.81. The van der Waals surface area contributed by atoms with E-state index in [1.165, 1.54) is 5.56 Å². The molecule has 1 aromatic carbocycles. The normalized spacial score (nSPS) is 14.7. The fourth-order valence-electron chi connectivity index (χ4n) is 1.85. The molecule has 0 aliphatic carbocycles. The summed E-state index contributed by atoms with van der Waals surface area (Å²) in [5.74, 6) is 0.116. The lowest BCUT2D eigenvalue weighted by Gasteiger charge is -2.13. The van der Waals surface area contributed by atoms with Gasteiger partial charge >= 0.3 is 0 Å². The molecule has 0 radical (unpaired) electrons. The van der Waals surface area contributed by atoms with Crippen molar-refractivity contribution in [1.29, 1.82) is 0 Å². The highest BCUT2D eigenvalue weighted by Crippen LogP contribution is 2.22. The number of hydrogen-bond acceptors (Lipinski definition) is 2. The summed E-state index contributed by atoms with van der Waals surface area (Å²) in [4.78, 5) is 13.6. The van der Waals surface area contributed by atoms with Gasteiger partial charge in [0.2, 0.25) is 0 Å². The highest BCUT2D eigenvalue weighted by molar-refractivity contribution is 5.98. The minimum Gasteiger partial charge on any atom is -0.333 e. The van der Waals surface area contributed by atoms with E-state index in [1.54, 1.807) is 4.90 Å². The molecule has 1 amide bonds. The van der Waals surface area contributed by atoms with Crippen molar-refractivity contribution < 1.29 is 4.79 Å². The Hall–Kier alpha value is -1.35. The Morgan fingerprint density at radius 1 is 1.50 bits per heavy atom. The molecule has 74 valence electrons. The van der Waals surface area contributed by atoms with Gasteiger partial charge in [-0.2, -0.15) is 0 Å². The minimum absolute atomic E-state index is 0.116. The van der Waals surface area contributed by atoms with Crippen molar-refractivity contribution in [2.24, 2.45) is 5.73 Å². The maximum Gasteiger partial charge on any atom is 0.254 e. The molecule has 0 fully saturated rings. The third-order valence-electron chi connectivity index (χ3n) is 2.54. The highest BCUT2D eigenvalue weighted by atomic mass is 16.2. The second-order valence-electron chi connectivity index (χ2n) is 3.68. The van der Waals surface area contributed by atoms with Gasteiger partial charge in [0.25, 0.3) is 5.91 Å². The van der Waals surface area contributed by atoms with Crippen molar-refractivity contribution in [3.05, 3.63) is 34.9 Å². The average Bonchev–Trinajstić information content (AvgIpc) is 2.44. The summed E-state index contributed by atoms with van der Waals surface area (Å²) in [6.45, 7) is 3.93. The standard InChI is InChI=1S/C11H14N2O/c1-8-2-3-10-9(6-8)7-13(5-4-12)11(10)14/h2-3,6H,4-5,7,12H2,1H3. The van der Waals surface area contributed by atoms with E-state index in [0.717, 1.165) is 11.1 Å². The van der Waals surface area contributed by atoms with Crippen LogP contribution in [0.25, 0.3) is 0 Å². The number of carbonyl (C=O) groups is 1. The first-order chi connectivity index (χ1) is 6.72. The summed E-state index contributed by atoms with van der Waals surface area (Å²) in [5, 5.41) is 0. The first-order valence-electron chi connectivity index (χ1n) is 4.81. The van der Waals surface area contributed by atoms with E-state index in [1.807, 2.05) is 19.1 Å². The van der Waals surface area contributed by atoms with Crippen LogP contribution in [-0.4, -0.2) is 23.9 Å². The Labute approximate surface area is 83.5 Å². The molecular formula is C11H14N2O. The Bertz CT molecular complexity index is 374. The fourth-order valence-corrected chi connectivity index (χ4v) is 1.85. The molecule has 0 atom stereocenters. The van der Waals surface area contributed by atoms with Crippen LogP contribution < -0.4 is 5.73 Å². The van der Waals surface area contributed by atoms with Crippen LogP contribution in [0.4, 0.5) is 0 Å². The van der Waals surface area contributed by atoms with Gasteiger partial charge in [0, 0.05) is 25.2 Å². The lowest BCUT2D eigenvalue weighted by atomic mass is 10.1. The summed E-state index contributed by atoms with van der Waals surface area (Å²) in [6.07, 6.45) is 0. The number of benzene rings is 1. The molecule has 0 saturated heterocycles. The number of amides is 1. The molecule has 0 bridgehead atoms. The zero-order valence-electron chi connectivity index (χ0n) is 8.29. The summed E-state index contributed by atoms with van der Waals surface area (Å²) in [5.41, 5.74) is 8.61. The molecule has 3 nitrogen and oxygen atoms in total. The first kappa shape index (κ1) is 9.21. The zero-order valence-corrected chi connectivity index (χ0v) is 8.29. The van der Waals surface area contributed by atoms with Crippen LogP contribution in [0, 0.1) is 6.92 Å². The summed E-state index contributed by atoms with van der Waals surface area (Å²) < 4.78 is 0. The van der Waals surface area contributed by atoms with Crippen LogP contribution in [0.15, 0.2) is 18.2 Å². The van der Waals surface area contributed by atoms with Crippen molar-refractivity contribution in [3.8, 4) is 0 Å². The van der Waals surface area contributed by atoms with Crippen molar-refractivity contribution in [1.82, 2.24) is 4.90 Å². The topological polar surface area (TPSA) is 46.3 Å². The summed E-state index contributed by atoms with van der Waals surface area (Å²) in [6, 6.07) is 5.95. The molecule has 0 saturated carbocycles. The van der Waals surface area contributed by atoms with Crippen molar-refractivity contribution in [2.45, 2.75) is 13.5 Å². The number of carbonyl (C=O) groups excluding carboxylic acids is 1. The maximum absolute atomic E-state index is 11.8. The van der Waals surface area contributed by atoms with Crippen LogP contribution >= 0.6 is 0 Å². The summed E-state index contributed by atoms with van der Waals surface area (Å²) >= 11 is 0. The van der Waals surface area contributed by atoms with Crippen LogP contribution in [0.5, 0.6) is 0 Å². The molecule has 3 heteroatoms. The van der Waals surface area contributed by atoms with E-state index in [0.29, 0.717) is 19.6 Å². The van der Waals surface area contributed by atoms with Gasteiger partial charge in [-0.15, -0.1) is 0 Å². The van der Waals surface area contributed by atoms with Crippen LogP contribution in [0.1, 0.15) is 21.5 Å². The predicted molar refractivity (Wildman–Crippen MR) is 55.0 cm³/mol. The van der Waals surface area contributed by atoms with Crippen molar-refractivity contribution >= 4 is 5.91 Å². The molecular weight excluding hydrogens is 176 g/mol. The second kappa shape index (κ2) is 3.42. The van der Waals surface area contributed by atoms with Gasteiger partial charge in [-0.1, -0.05) is 17.7 Å². The van der Waals surface area contributed by atoms with E-state index in [2.05, 4.69) is 6.07 Å². The Morgan fingerprint density at radius 2 is 2.29 bits per heavy atom. The molecule has 0 spiro atoms. The minimum atomic E-state index is 0.116. The smallest absolute Gasteiger partial charge is 0.254 e. The zero-order chi connectivity index (χ0) is 10.1. The van der Waals surface area contributed by atoms with Gasteiger partial charge in [0.1, 0.15) is 0 Å². The van der Waals surface area contributed by atoms with E-state index in [9.17, 15) is 4.79 Å². The van der Waals surface area contributed by atoms with E-state index in [4.69, 9.17) is 5.73 Å². The summed E-state index contributed by atoms with van der Waals surface area (Å²) in [7, 11) is 0. The quantitative estimate of drug-likeness (QED) is 0.753. The van der Waals surface area contributed by atoms with Crippen LogP contribution in [0.2, 0.25) is 0 Å². The van der Waals surface area contributed by atoms with E-state index < -0.39 is 0 Å². The third kappa shape index (κ3) is 1.40. The Morgan fingerprint density at radius 3 is 3.00 bits per heavy atom. The number of aryl methyl sites for hydroxylation is 1. The largest absolute Gasteiger partial charge is 0.333 e. The maximum atomic E-state index is 11.8. The van der Waals surface area contributed by atoms with Gasteiger partial charge in [0.05, 0.1) is 0 Å². The Balaban J connectivity index is 2.31. The Kier molecular flexibility index (Phi) is 2.25. The monoisotopic (exact) mass is 190 g/mol. The van der Waals surface area contributed by atoms with Gasteiger partial charge in [0.15, 0.2) is 0 Å². The molecule has 1 aliphatic heterocycles. The van der Waals surface area contributed by atoms with Crippen molar-refractivity contribution in [2.75, 3.05) is 13.1 Å². The number of nitrogens with two attached hydrogens (primary N) is 1. The molecule has 1 aromatic rings. The van der Waals surface area contributed by atoms with Crippen LogP contribution in [0.3, 0.4) is 0 Å². The average molecular weight is 190 g/mol. The number of nitrogens with zero attached hydrogens (tertiary/aromatic N) is 1. The molecule has 1 heterocycles. The third-order valence-corrected chi connectivity index (χ3v) is 2.54. The number of hydrogen-bond donors (Lipinski definition) is 1. The molecule has 2 rings (SSSR count). The van der Waals surface area contributed by atoms with Crippen molar-refractivity contribution in [3.63, 3.8) is 0 Å². The lowest BCUT2D eigenvalue weighted by molar-refractivity contribution is 0.0783. The number of rotatable bonds is 2. The molecule has 2 N–H and O–H groups in total. The van der Waals surface area contributed by atoms with Gasteiger partial charge in [-0.05, 0) is 18.6 Å². The second-order valence-corrected chi connectivity index (χ2v) is 3.68. The lowest BCUT2D eigenvalue weighted by Crippen LogP contribution is -2.29. The highest BCUT2D eigenvalue weighted by Gasteiger charge is 2.25. The van der Waals surface area contributed by atoms with Gasteiger partial charge in [-0.25, -0.2) is 0 Å². The predicted octanol–water partition coefficient (Wildman–Crippen LogP) is 0.910. The van der Waals surface area contributed by atoms with Gasteiger partial charge in [-0.3, -0.25) is 4.79 Å².